The van der Waals surface area contributed by atoms with E-state index in [1.165, 1.54) is 27.1 Å². The lowest BCUT2D eigenvalue weighted by Crippen LogP contribution is -2.17. The van der Waals surface area contributed by atoms with Gasteiger partial charge in [0, 0.05) is 11.8 Å². The number of pyridine rings is 1. The van der Waals surface area contributed by atoms with Crippen molar-refractivity contribution in [3.05, 3.63) is 78.6 Å². The summed E-state index contributed by atoms with van der Waals surface area (Å²) in [5.41, 5.74) is 2.89. The van der Waals surface area contributed by atoms with Crippen molar-refractivity contribution in [1.82, 2.24) is 4.98 Å². The van der Waals surface area contributed by atoms with Crippen molar-refractivity contribution in [3.63, 3.8) is 0 Å². The van der Waals surface area contributed by atoms with Crippen molar-refractivity contribution < 1.29 is 4.74 Å². The van der Waals surface area contributed by atoms with Gasteiger partial charge < -0.3 is 4.74 Å². The van der Waals surface area contributed by atoms with Gasteiger partial charge in [0.25, 0.3) is 0 Å². The zero-order valence-electron chi connectivity index (χ0n) is 15.4. The molecule has 1 aliphatic rings. The molecule has 1 aliphatic heterocycles. The zero-order chi connectivity index (χ0) is 18.4. The van der Waals surface area contributed by atoms with Crippen LogP contribution in [0.1, 0.15) is 19.5 Å². The molecule has 3 heteroatoms. The molecule has 3 aromatic carbocycles. The molecule has 0 saturated carbocycles. The van der Waals surface area contributed by atoms with Gasteiger partial charge in [0.05, 0.1) is 5.54 Å². The Morgan fingerprint density at radius 3 is 2.33 bits per heavy atom. The second-order valence-electron chi connectivity index (χ2n) is 7.68. The monoisotopic (exact) mass is 352 g/mol. The summed E-state index contributed by atoms with van der Waals surface area (Å²) in [4.78, 5) is 9.23. The highest BCUT2D eigenvalue weighted by Crippen LogP contribution is 2.32. The maximum Gasteiger partial charge on any atom is 0.236 e. The molecule has 0 spiro atoms. The summed E-state index contributed by atoms with van der Waals surface area (Å²) in [7, 11) is 0. The molecular weight excluding hydrogens is 332 g/mol. The third-order valence-corrected chi connectivity index (χ3v) is 5.01. The Morgan fingerprint density at radius 1 is 0.852 bits per heavy atom. The summed E-state index contributed by atoms with van der Waals surface area (Å²) >= 11 is 0. The van der Waals surface area contributed by atoms with Crippen LogP contribution in [0.2, 0.25) is 0 Å². The predicted molar refractivity (Wildman–Crippen MR) is 111 cm³/mol. The van der Waals surface area contributed by atoms with Gasteiger partial charge in [0.1, 0.15) is 12.3 Å². The van der Waals surface area contributed by atoms with E-state index in [0.717, 1.165) is 11.3 Å². The number of nitrogens with zero attached hydrogens (tertiary/aromatic N) is 2. The van der Waals surface area contributed by atoms with Gasteiger partial charge in [-0.25, -0.2) is 4.99 Å². The van der Waals surface area contributed by atoms with Gasteiger partial charge in [-0.2, -0.15) is 0 Å². The largest absolute Gasteiger partial charge is 0.474 e. The number of fused-ring (bicyclic) bond motifs is 2. The van der Waals surface area contributed by atoms with Crippen molar-refractivity contribution in [2.24, 2.45) is 4.99 Å². The first-order valence-electron chi connectivity index (χ1n) is 9.20. The molecule has 2 heterocycles. The van der Waals surface area contributed by atoms with E-state index < -0.39 is 0 Å². The molecule has 27 heavy (non-hydrogen) atoms. The second-order valence-corrected chi connectivity index (χ2v) is 7.68. The summed E-state index contributed by atoms with van der Waals surface area (Å²) in [6.45, 7) is 4.73. The van der Waals surface area contributed by atoms with Crippen LogP contribution in [0.4, 0.5) is 0 Å². The van der Waals surface area contributed by atoms with Crippen LogP contribution in [0.3, 0.4) is 0 Å². The number of benzene rings is 3. The molecule has 4 aromatic rings. The van der Waals surface area contributed by atoms with Crippen molar-refractivity contribution in [3.8, 4) is 11.1 Å². The number of aliphatic imine (C=N–C) groups is 1. The molecule has 0 saturated heterocycles. The number of ether oxygens (including phenoxy) is 1. The highest BCUT2D eigenvalue weighted by molar-refractivity contribution is 6.05. The van der Waals surface area contributed by atoms with E-state index in [9.17, 15) is 0 Å². The average Bonchev–Trinajstić information content (AvgIpc) is 3.06. The maximum atomic E-state index is 5.71. The standard InChI is InChI=1S/C24H20N2O/c1-24(2)15-27-23(26-24)22-11-10-19(14-25-22)20-9-5-8-18-12-16-6-3-4-7-17(16)13-21(18)20/h3-14H,15H2,1-2H3. The summed E-state index contributed by atoms with van der Waals surface area (Å²) in [6, 6.07) is 23.5. The quantitative estimate of drug-likeness (QED) is 0.439. The van der Waals surface area contributed by atoms with Crippen LogP contribution in [-0.2, 0) is 4.74 Å². The molecule has 0 radical (unpaired) electrons. The molecule has 132 valence electrons. The number of hydrogen-bond donors (Lipinski definition) is 0. The summed E-state index contributed by atoms with van der Waals surface area (Å²) in [6.07, 6.45) is 1.91. The second kappa shape index (κ2) is 5.92. The average molecular weight is 352 g/mol. The SMILES string of the molecule is CC1(C)COC(c2ccc(-c3cccc4cc5ccccc5cc34)cn2)=N1. The minimum Gasteiger partial charge on any atom is -0.474 e. The van der Waals surface area contributed by atoms with Crippen LogP contribution in [0.25, 0.3) is 32.7 Å². The summed E-state index contributed by atoms with van der Waals surface area (Å²) < 4.78 is 5.71. The van der Waals surface area contributed by atoms with E-state index in [4.69, 9.17) is 4.74 Å². The Kier molecular flexibility index (Phi) is 3.51. The highest BCUT2D eigenvalue weighted by Gasteiger charge is 2.27. The van der Waals surface area contributed by atoms with Crippen LogP contribution in [-0.4, -0.2) is 23.0 Å². The molecule has 0 bridgehead atoms. The van der Waals surface area contributed by atoms with Crippen molar-refractivity contribution in [2.75, 3.05) is 6.61 Å². The molecule has 0 unspecified atom stereocenters. The van der Waals surface area contributed by atoms with Crippen LogP contribution < -0.4 is 0 Å². The van der Waals surface area contributed by atoms with E-state index >= 15 is 0 Å². The molecule has 3 nitrogen and oxygen atoms in total. The first kappa shape index (κ1) is 16.0. The summed E-state index contributed by atoms with van der Waals surface area (Å²) in [5.74, 6) is 0.635. The molecule has 5 rings (SSSR count). The molecule has 1 aromatic heterocycles. The molecule has 0 amide bonds. The van der Waals surface area contributed by atoms with E-state index in [1.807, 2.05) is 12.3 Å². The molecular formula is C24H20N2O. The maximum absolute atomic E-state index is 5.71. The van der Waals surface area contributed by atoms with Crippen LogP contribution in [0, 0.1) is 0 Å². The lowest BCUT2D eigenvalue weighted by molar-refractivity contribution is 0.279. The number of aromatic nitrogens is 1. The lowest BCUT2D eigenvalue weighted by atomic mass is 9.96. The van der Waals surface area contributed by atoms with Gasteiger partial charge in [0.2, 0.25) is 5.90 Å². The van der Waals surface area contributed by atoms with Gasteiger partial charge >= 0.3 is 0 Å². The minimum atomic E-state index is -0.174. The molecule has 0 aliphatic carbocycles. The summed E-state index contributed by atoms with van der Waals surface area (Å²) in [5, 5.41) is 4.98. The van der Waals surface area contributed by atoms with Crippen LogP contribution >= 0.6 is 0 Å². The molecule has 0 atom stereocenters. The number of rotatable bonds is 2. The van der Waals surface area contributed by atoms with Gasteiger partial charge in [-0.05, 0) is 59.2 Å². The van der Waals surface area contributed by atoms with Crippen molar-refractivity contribution in [1.29, 1.82) is 0 Å². The minimum absolute atomic E-state index is 0.174. The normalized spacial score (nSPS) is 15.7. The Labute approximate surface area is 158 Å². The smallest absolute Gasteiger partial charge is 0.236 e. The molecule has 0 fully saturated rings. The Hall–Kier alpha value is -3.20. The van der Waals surface area contributed by atoms with Crippen LogP contribution in [0.5, 0.6) is 0 Å². The first-order chi connectivity index (χ1) is 13.1. The van der Waals surface area contributed by atoms with Gasteiger partial charge in [-0.3, -0.25) is 4.98 Å². The highest BCUT2D eigenvalue weighted by atomic mass is 16.5. The zero-order valence-corrected chi connectivity index (χ0v) is 15.4. The first-order valence-corrected chi connectivity index (χ1v) is 9.20. The van der Waals surface area contributed by atoms with Gasteiger partial charge in [-0.1, -0.05) is 48.5 Å². The van der Waals surface area contributed by atoms with Crippen LogP contribution in [0.15, 0.2) is 77.9 Å². The fraction of sp³-hybridized carbons (Fsp3) is 0.167. The Morgan fingerprint density at radius 2 is 1.63 bits per heavy atom. The lowest BCUT2D eigenvalue weighted by Gasteiger charge is -2.09. The fourth-order valence-corrected chi connectivity index (χ4v) is 3.61. The fourth-order valence-electron chi connectivity index (χ4n) is 3.61. The van der Waals surface area contributed by atoms with Crippen molar-refractivity contribution in [2.45, 2.75) is 19.4 Å². The Balaban J connectivity index is 1.60. The van der Waals surface area contributed by atoms with E-state index in [-0.39, 0.29) is 5.54 Å². The number of hydrogen-bond acceptors (Lipinski definition) is 3. The Bertz CT molecular complexity index is 1190. The third-order valence-electron chi connectivity index (χ3n) is 5.01. The van der Waals surface area contributed by atoms with Gasteiger partial charge in [-0.15, -0.1) is 0 Å². The topological polar surface area (TPSA) is 34.5 Å². The van der Waals surface area contributed by atoms with E-state index in [0.29, 0.717) is 12.5 Å². The molecule has 0 N–H and O–H groups in total. The van der Waals surface area contributed by atoms with Gasteiger partial charge in [0.15, 0.2) is 0 Å². The third kappa shape index (κ3) is 2.85. The van der Waals surface area contributed by atoms with Crippen molar-refractivity contribution >= 4 is 27.4 Å². The van der Waals surface area contributed by atoms with E-state index in [1.54, 1.807) is 0 Å². The van der Waals surface area contributed by atoms with E-state index in [2.05, 4.69) is 84.5 Å². The predicted octanol–water partition coefficient (Wildman–Crippen LogP) is 5.61.